The largest absolute Gasteiger partial charge is 0.377 e. The number of rotatable bonds is 5. The van der Waals surface area contributed by atoms with Gasteiger partial charge >= 0.3 is 0 Å². The first-order valence-electron chi connectivity index (χ1n) is 9.74. The van der Waals surface area contributed by atoms with E-state index in [2.05, 4.69) is 36.4 Å². The van der Waals surface area contributed by atoms with Crippen LogP contribution in [0.5, 0.6) is 0 Å². The SMILES string of the molecule is CN=C(NCc1ccc(N(C)C)c(F)c1)NCC1CCCOC1C(C)(C)C. The third kappa shape index (κ3) is 6.09. The number of guanidine groups is 1. The van der Waals surface area contributed by atoms with Crippen molar-refractivity contribution in [3.05, 3.63) is 29.6 Å². The number of nitrogens with one attached hydrogen (secondary N) is 2. The summed E-state index contributed by atoms with van der Waals surface area (Å²) in [7, 11) is 5.42. The summed E-state index contributed by atoms with van der Waals surface area (Å²) >= 11 is 0. The van der Waals surface area contributed by atoms with E-state index in [9.17, 15) is 4.39 Å². The van der Waals surface area contributed by atoms with Gasteiger partial charge in [0.15, 0.2) is 5.96 Å². The molecule has 1 aliphatic rings. The lowest BCUT2D eigenvalue weighted by Crippen LogP contribution is -2.47. The molecule has 0 saturated carbocycles. The highest BCUT2D eigenvalue weighted by Crippen LogP contribution is 2.33. The van der Waals surface area contributed by atoms with E-state index < -0.39 is 0 Å². The maximum Gasteiger partial charge on any atom is 0.191 e. The smallest absolute Gasteiger partial charge is 0.191 e. The molecule has 1 aromatic rings. The Kier molecular flexibility index (Phi) is 7.48. The Morgan fingerprint density at radius 1 is 1.30 bits per heavy atom. The number of nitrogens with zero attached hydrogens (tertiary/aromatic N) is 2. The lowest BCUT2D eigenvalue weighted by Gasteiger charge is -2.40. The molecule has 0 spiro atoms. The molecule has 1 aromatic carbocycles. The van der Waals surface area contributed by atoms with E-state index in [1.807, 2.05) is 20.2 Å². The minimum absolute atomic E-state index is 0.120. The van der Waals surface area contributed by atoms with Crippen LogP contribution in [0.15, 0.2) is 23.2 Å². The Morgan fingerprint density at radius 3 is 2.63 bits per heavy atom. The molecule has 2 rings (SSSR count). The van der Waals surface area contributed by atoms with E-state index in [1.54, 1.807) is 24.1 Å². The summed E-state index contributed by atoms with van der Waals surface area (Å²) in [6.45, 7) is 8.88. The second kappa shape index (κ2) is 9.40. The van der Waals surface area contributed by atoms with Gasteiger partial charge < -0.3 is 20.3 Å². The van der Waals surface area contributed by atoms with Crippen molar-refractivity contribution >= 4 is 11.6 Å². The molecular formula is C21H35FN4O. The Morgan fingerprint density at radius 2 is 2.04 bits per heavy atom. The molecule has 1 fully saturated rings. The molecule has 2 atom stereocenters. The number of hydrogen-bond donors (Lipinski definition) is 2. The van der Waals surface area contributed by atoms with Crippen molar-refractivity contribution in [3.63, 3.8) is 0 Å². The monoisotopic (exact) mass is 378 g/mol. The van der Waals surface area contributed by atoms with Crippen LogP contribution >= 0.6 is 0 Å². The van der Waals surface area contributed by atoms with Gasteiger partial charge in [-0.2, -0.15) is 0 Å². The highest BCUT2D eigenvalue weighted by atomic mass is 19.1. The maximum atomic E-state index is 14.1. The molecule has 27 heavy (non-hydrogen) atoms. The molecule has 0 aliphatic carbocycles. The molecule has 1 heterocycles. The summed E-state index contributed by atoms with van der Waals surface area (Å²) in [4.78, 5) is 6.06. The van der Waals surface area contributed by atoms with Gasteiger partial charge in [0, 0.05) is 46.8 Å². The first-order chi connectivity index (χ1) is 12.7. The summed E-state index contributed by atoms with van der Waals surface area (Å²) in [6, 6.07) is 5.30. The summed E-state index contributed by atoms with van der Waals surface area (Å²) < 4.78 is 20.2. The van der Waals surface area contributed by atoms with Crippen molar-refractivity contribution < 1.29 is 9.13 Å². The lowest BCUT2D eigenvalue weighted by molar-refractivity contribution is -0.0835. The second-order valence-electron chi connectivity index (χ2n) is 8.55. The summed E-state index contributed by atoms with van der Waals surface area (Å²) in [6.07, 6.45) is 2.50. The minimum atomic E-state index is -0.213. The van der Waals surface area contributed by atoms with Crippen LogP contribution in [0.25, 0.3) is 0 Å². The van der Waals surface area contributed by atoms with E-state index in [0.717, 1.165) is 37.5 Å². The van der Waals surface area contributed by atoms with Crippen LogP contribution in [0.4, 0.5) is 10.1 Å². The van der Waals surface area contributed by atoms with Gasteiger partial charge in [-0.05, 0) is 36.0 Å². The van der Waals surface area contributed by atoms with Gasteiger partial charge in [0.1, 0.15) is 5.82 Å². The third-order valence-corrected chi connectivity index (χ3v) is 5.01. The zero-order chi connectivity index (χ0) is 20.0. The third-order valence-electron chi connectivity index (χ3n) is 5.01. The summed E-state index contributed by atoms with van der Waals surface area (Å²) in [5.74, 6) is 0.967. The quantitative estimate of drug-likeness (QED) is 0.609. The van der Waals surface area contributed by atoms with Crippen LogP contribution in [0.3, 0.4) is 0 Å². The molecule has 1 aliphatic heterocycles. The standard InChI is InChI=1S/C21H35FN4O/c1-21(2,3)19-16(8-7-11-27-19)14-25-20(23-4)24-13-15-9-10-18(26(5)6)17(22)12-15/h9-10,12,16,19H,7-8,11,13-14H2,1-6H3,(H2,23,24,25). The molecule has 1 saturated heterocycles. The van der Waals surface area contributed by atoms with E-state index in [1.165, 1.54) is 0 Å². The minimum Gasteiger partial charge on any atom is -0.377 e. The Labute approximate surface area is 163 Å². The number of aliphatic imine (C=N–C) groups is 1. The Balaban J connectivity index is 1.90. The molecule has 6 heteroatoms. The average Bonchev–Trinajstić information content (AvgIpc) is 2.61. The molecule has 0 amide bonds. The van der Waals surface area contributed by atoms with Crippen LogP contribution in [0.2, 0.25) is 0 Å². The van der Waals surface area contributed by atoms with Crippen molar-refractivity contribution in [1.29, 1.82) is 0 Å². The van der Waals surface area contributed by atoms with Crippen molar-refractivity contribution in [2.24, 2.45) is 16.3 Å². The maximum absolute atomic E-state index is 14.1. The summed E-state index contributed by atoms with van der Waals surface area (Å²) in [5.41, 5.74) is 1.59. The molecule has 0 bridgehead atoms. The highest BCUT2D eigenvalue weighted by Gasteiger charge is 2.35. The van der Waals surface area contributed by atoms with Crippen molar-refractivity contribution in [3.8, 4) is 0 Å². The van der Waals surface area contributed by atoms with Gasteiger partial charge in [-0.3, -0.25) is 4.99 Å². The Hall–Kier alpha value is -1.82. The molecule has 2 N–H and O–H groups in total. The number of anilines is 1. The normalized spacial score (nSPS) is 21.1. The summed E-state index contributed by atoms with van der Waals surface area (Å²) in [5, 5.41) is 6.69. The van der Waals surface area contributed by atoms with Gasteiger partial charge in [0.2, 0.25) is 0 Å². The van der Waals surface area contributed by atoms with Gasteiger partial charge in [-0.15, -0.1) is 0 Å². The molecule has 0 radical (unpaired) electrons. The molecule has 0 aromatic heterocycles. The zero-order valence-electron chi connectivity index (χ0n) is 17.6. The number of ether oxygens (including phenoxy) is 1. The van der Waals surface area contributed by atoms with Crippen molar-refractivity contribution in [1.82, 2.24) is 10.6 Å². The molecule has 5 nitrogen and oxygen atoms in total. The van der Waals surface area contributed by atoms with Gasteiger partial charge in [-0.25, -0.2) is 4.39 Å². The van der Waals surface area contributed by atoms with Gasteiger partial charge in [0.05, 0.1) is 11.8 Å². The fourth-order valence-corrected chi connectivity index (χ4v) is 3.67. The number of hydrogen-bond acceptors (Lipinski definition) is 3. The van der Waals surface area contributed by atoms with Crippen molar-refractivity contribution in [2.75, 3.05) is 39.2 Å². The number of benzene rings is 1. The lowest BCUT2D eigenvalue weighted by atomic mass is 9.78. The van der Waals surface area contributed by atoms with Crippen LogP contribution in [0.1, 0.15) is 39.2 Å². The van der Waals surface area contributed by atoms with Crippen LogP contribution in [-0.4, -0.2) is 46.4 Å². The first kappa shape index (κ1) is 21.5. The Bertz CT molecular complexity index is 640. The predicted octanol–water partition coefficient (Wildman–Crippen LogP) is 3.40. The van der Waals surface area contributed by atoms with Crippen LogP contribution < -0.4 is 15.5 Å². The fourth-order valence-electron chi connectivity index (χ4n) is 3.67. The highest BCUT2D eigenvalue weighted by molar-refractivity contribution is 5.79. The molecule has 2 unspecified atom stereocenters. The predicted molar refractivity (Wildman–Crippen MR) is 111 cm³/mol. The zero-order valence-corrected chi connectivity index (χ0v) is 17.6. The van der Waals surface area contributed by atoms with Crippen LogP contribution in [0, 0.1) is 17.2 Å². The van der Waals surface area contributed by atoms with E-state index in [4.69, 9.17) is 4.74 Å². The first-order valence-corrected chi connectivity index (χ1v) is 9.74. The topological polar surface area (TPSA) is 48.9 Å². The number of halogens is 1. The van der Waals surface area contributed by atoms with Gasteiger partial charge in [0.25, 0.3) is 0 Å². The molecule has 152 valence electrons. The second-order valence-corrected chi connectivity index (χ2v) is 8.55. The van der Waals surface area contributed by atoms with Crippen LogP contribution in [-0.2, 0) is 11.3 Å². The molecular weight excluding hydrogens is 343 g/mol. The average molecular weight is 379 g/mol. The van der Waals surface area contributed by atoms with Gasteiger partial charge in [-0.1, -0.05) is 26.8 Å². The van der Waals surface area contributed by atoms with E-state index in [0.29, 0.717) is 18.2 Å². The van der Waals surface area contributed by atoms with E-state index >= 15 is 0 Å². The van der Waals surface area contributed by atoms with Crippen molar-refractivity contribution in [2.45, 2.75) is 46.3 Å². The van der Waals surface area contributed by atoms with E-state index in [-0.39, 0.29) is 17.3 Å². The fraction of sp³-hybridized carbons (Fsp3) is 0.667.